The first-order chi connectivity index (χ1) is 8.63. The van der Waals surface area contributed by atoms with Crippen molar-refractivity contribution in [1.82, 2.24) is 15.1 Å². The SMILES string of the molecule is CCNC(c1cc(C)n(C)n1)c1ccccc1C. The first kappa shape index (κ1) is 12.8. The van der Waals surface area contributed by atoms with Gasteiger partial charge < -0.3 is 5.32 Å². The van der Waals surface area contributed by atoms with E-state index in [-0.39, 0.29) is 6.04 Å². The third-order valence-electron chi connectivity index (χ3n) is 3.34. The topological polar surface area (TPSA) is 29.9 Å². The number of hydrogen-bond donors (Lipinski definition) is 1. The van der Waals surface area contributed by atoms with E-state index in [0.717, 1.165) is 12.2 Å². The predicted octanol–water partition coefficient (Wildman–Crippen LogP) is 2.74. The minimum Gasteiger partial charge on any atom is -0.305 e. The molecule has 0 aliphatic carbocycles. The van der Waals surface area contributed by atoms with Gasteiger partial charge in [-0.3, -0.25) is 4.68 Å². The van der Waals surface area contributed by atoms with Crippen LogP contribution in [-0.2, 0) is 7.05 Å². The third-order valence-corrected chi connectivity index (χ3v) is 3.34. The first-order valence-corrected chi connectivity index (χ1v) is 6.43. The monoisotopic (exact) mass is 243 g/mol. The lowest BCUT2D eigenvalue weighted by Crippen LogP contribution is -2.23. The molecule has 2 rings (SSSR count). The molecule has 0 bridgehead atoms. The highest BCUT2D eigenvalue weighted by Gasteiger charge is 2.18. The van der Waals surface area contributed by atoms with Crippen LogP contribution in [0, 0.1) is 13.8 Å². The standard InChI is InChI=1S/C15H21N3/c1-5-16-15(13-9-7-6-8-11(13)2)14-10-12(3)18(4)17-14/h6-10,15-16H,5H2,1-4H3. The van der Waals surface area contributed by atoms with Crippen molar-refractivity contribution < 1.29 is 0 Å². The van der Waals surface area contributed by atoms with Gasteiger partial charge in [-0.25, -0.2) is 0 Å². The molecule has 0 saturated heterocycles. The second kappa shape index (κ2) is 5.36. The van der Waals surface area contributed by atoms with Crippen molar-refractivity contribution >= 4 is 0 Å². The van der Waals surface area contributed by atoms with Gasteiger partial charge in [0.05, 0.1) is 11.7 Å². The fraction of sp³-hybridized carbons (Fsp3) is 0.400. The molecule has 0 radical (unpaired) electrons. The van der Waals surface area contributed by atoms with Crippen LogP contribution >= 0.6 is 0 Å². The van der Waals surface area contributed by atoms with Gasteiger partial charge in [0.25, 0.3) is 0 Å². The molecular formula is C15H21N3. The van der Waals surface area contributed by atoms with E-state index < -0.39 is 0 Å². The highest BCUT2D eigenvalue weighted by Crippen LogP contribution is 2.24. The van der Waals surface area contributed by atoms with E-state index >= 15 is 0 Å². The van der Waals surface area contributed by atoms with Crippen molar-refractivity contribution in [3.05, 3.63) is 52.8 Å². The fourth-order valence-corrected chi connectivity index (χ4v) is 2.22. The third kappa shape index (κ3) is 2.46. The van der Waals surface area contributed by atoms with E-state index in [1.165, 1.54) is 16.8 Å². The van der Waals surface area contributed by atoms with Gasteiger partial charge in [-0.05, 0) is 37.6 Å². The summed E-state index contributed by atoms with van der Waals surface area (Å²) < 4.78 is 1.93. The number of aromatic nitrogens is 2. The van der Waals surface area contributed by atoms with Crippen LogP contribution in [-0.4, -0.2) is 16.3 Å². The number of hydrogen-bond acceptors (Lipinski definition) is 2. The van der Waals surface area contributed by atoms with Gasteiger partial charge in [-0.1, -0.05) is 31.2 Å². The van der Waals surface area contributed by atoms with Crippen molar-refractivity contribution in [3.63, 3.8) is 0 Å². The second-order valence-electron chi connectivity index (χ2n) is 4.68. The highest BCUT2D eigenvalue weighted by molar-refractivity contribution is 5.34. The first-order valence-electron chi connectivity index (χ1n) is 6.43. The molecule has 3 heteroatoms. The second-order valence-corrected chi connectivity index (χ2v) is 4.68. The predicted molar refractivity (Wildman–Crippen MR) is 74.6 cm³/mol. The van der Waals surface area contributed by atoms with E-state index in [4.69, 9.17) is 0 Å². The van der Waals surface area contributed by atoms with Crippen molar-refractivity contribution in [2.24, 2.45) is 7.05 Å². The highest BCUT2D eigenvalue weighted by atomic mass is 15.3. The van der Waals surface area contributed by atoms with Crippen molar-refractivity contribution in [1.29, 1.82) is 0 Å². The summed E-state index contributed by atoms with van der Waals surface area (Å²) in [5.74, 6) is 0. The summed E-state index contributed by atoms with van der Waals surface area (Å²) in [6, 6.07) is 10.8. The summed E-state index contributed by atoms with van der Waals surface area (Å²) in [5, 5.41) is 8.12. The number of rotatable bonds is 4. The minimum absolute atomic E-state index is 0.177. The Hall–Kier alpha value is -1.61. The number of nitrogens with zero attached hydrogens (tertiary/aromatic N) is 2. The maximum absolute atomic E-state index is 4.60. The molecule has 0 saturated carbocycles. The molecule has 0 spiro atoms. The molecule has 3 nitrogen and oxygen atoms in total. The van der Waals surface area contributed by atoms with Crippen molar-refractivity contribution in [2.45, 2.75) is 26.8 Å². The Morgan fingerprint density at radius 2 is 2.00 bits per heavy atom. The Labute approximate surface area is 109 Å². The van der Waals surface area contributed by atoms with Crippen LogP contribution in [0.4, 0.5) is 0 Å². The summed E-state index contributed by atoms with van der Waals surface area (Å²) in [4.78, 5) is 0. The normalized spacial score (nSPS) is 12.7. The van der Waals surface area contributed by atoms with Crippen molar-refractivity contribution in [3.8, 4) is 0 Å². The molecule has 1 N–H and O–H groups in total. The molecular weight excluding hydrogens is 222 g/mol. The van der Waals surface area contributed by atoms with E-state index in [9.17, 15) is 0 Å². The quantitative estimate of drug-likeness (QED) is 0.895. The molecule has 1 aromatic heterocycles. The smallest absolute Gasteiger partial charge is 0.0842 e. The number of benzene rings is 1. The van der Waals surface area contributed by atoms with Gasteiger partial charge >= 0.3 is 0 Å². The maximum Gasteiger partial charge on any atom is 0.0842 e. The van der Waals surface area contributed by atoms with Gasteiger partial charge in [0.2, 0.25) is 0 Å². The molecule has 1 heterocycles. The zero-order valence-electron chi connectivity index (χ0n) is 11.6. The van der Waals surface area contributed by atoms with Gasteiger partial charge in [-0.2, -0.15) is 5.10 Å². The van der Waals surface area contributed by atoms with Crippen LogP contribution in [0.3, 0.4) is 0 Å². The Morgan fingerprint density at radius 3 is 2.56 bits per heavy atom. The minimum atomic E-state index is 0.177. The Kier molecular flexibility index (Phi) is 3.82. The average molecular weight is 243 g/mol. The molecule has 0 fully saturated rings. The molecule has 0 aliphatic heterocycles. The molecule has 0 aliphatic rings. The summed E-state index contributed by atoms with van der Waals surface area (Å²) in [5.41, 5.74) is 4.87. The van der Waals surface area contributed by atoms with Crippen LogP contribution in [0.1, 0.15) is 35.5 Å². The summed E-state index contributed by atoms with van der Waals surface area (Å²) in [6.45, 7) is 7.28. The maximum atomic E-state index is 4.60. The number of aryl methyl sites for hydroxylation is 3. The van der Waals surface area contributed by atoms with E-state index in [0.29, 0.717) is 0 Å². The van der Waals surface area contributed by atoms with E-state index in [1.54, 1.807) is 0 Å². The lowest BCUT2D eigenvalue weighted by molar-refractivity contribution is 0.596. The molecule has 2 aromatic rings. The van der Waals surface area contributed by atoms with Gasteiger partial charge in [0.1, 0.15) is 0 Å². The summed E-state index contributed by atoms with van der Waals surface area (Å²) >= 11 is 0. The summed E-state index contributed by atoms with van der Waals surface area (Å²) in [6.07, 6.45) is 0. The summed E-state index contributed by atoms with van der Waals surface area (Å²) in [7, 11) is 1.99. The zero-order valence-corrected chi connectivity index (χ0v) is 11.6. The zero-order chi connectivity index (χ0) is 13.1. The van der Waals surface area contributed by atoms with Crippen LogP contribution in [0.25, 0.3) is 0 Å². The Morgan fingerprint density at radius 1 is 1.28 bits per heavy atom. The lowest BCUT2D eigenvalue weighted by Gasteiger charge is -2.18. The van der Waals surface area contributed by atoms with Crippen LogP contribution < -0.4 is 5.32 Å². The lowest BCUT2D eigenvalue weighted by atomic mass is 9.98. The molecule has 96 valence electrons. The molecule has 1 unspecified atom stereocenters. The van der Waals surface area contributed by atoms with Crippen LogP contribution in [0.5, 0.6) is 0 Å². The van der Waals surface area contributed by atoms with Crippen LogP contribution in [0.15, 0.2) is 30.3 Å². The van der Waals surface area contributed by atoms with E-state index in [2.05, 4.69) is 61.5 Å². The average Bonchev–Trinajstić information content (AvgIpc) is 2.68. The van der Waals surface area contributed by atoms with E-state index in [1.807, 2.05) is 11.7 Å². The Balaban J connectivity index is 2.43. The molecule has 0 amide bonds. The van der Waals surface area contributed by atoms with Crippen molar-refractivity contribution in [2.75, 3.05) is 6.54 Å². The fourth-order valence-electron chi connectivity index (χ4n) is 2.22. The van der Waals surface area contributed by atoms with Crippen LogP contribution in [0.2, 0.25) is 0 Å². The largest absolute Gasteiger partial charge is 0.305 e. The Bertz CT molecular complexity index is 509. The van der Waals surface area contributed by atoms with Gasteiger partial charge in [-0.15, -0.1) is 0 Å². The number of nitrogens with one attached hydrogen (secondary N) is 1. The molecule has 18 heavy (non-hydrogen) atoms. The van der Waals surface area contributed by atoms with Gasteiger partial charge in [0.15, 0.2) is 0 Å². The molecule has 1 atom stereocenters. The molecule has 1 aromatic carbocycles. The van der Waals surface area contributed by atoms with Gasteiger partial charge in [0, 0.05) is 12.7 Å².